The van der Waals surface area contributed by atoms with E-state index in [9.17, 15) is 4.79 Å². The van der Waals surface area contributed by atoms with Crippen molar-refractivity contribution in [2.75, 3.05) is 39.0 Å². The third kappa shape index (κ3) is 4.75. The summed E-state index contributed by atoms with van der Waals surface area (Å²) in [6.07, 6.45) is 0. The van der Waals surface area contributed by atoms with E-state index in [4.69, 9.17) is 0 Å². The smallest absolute Gasteiger partial charge is 0.233 e. The van der Waals surface area contributed by atoms with Gasteiger partial charge in [-0.3, -0.25) is 4.79 Å². The van der Waals surface area contributed by atoms with Crippen LogP contribution in [0.15, 0.2) is 29.4 Å². The third-order valence-electron chi connectivity index (χ3n) is 5.22. The van der Waals surface area contributed by atoms with Crippen LogP contribution in [0.3, 0.4) is 0 Å². The zero-order valence-electron chi connectivity index (χ0n) is 17.6. The summed E-state index contributed by atoms with van der Waals surface area (Å²) in [6.45, 7) is 13.0. The SMILES string of the molecule is CCn1c(SCC(=O)N2CCN(C)CC2)nnc1-c1ccc(C(C)(C)C)cc1. The molecule has 1 aromatic heterocycles. The van der Waals surface area contributed by atoms with Gasteiger partial charge in [-0.15, -0.1) is 10.2 Å². The second-order valence-electron chi connectivity index (χ2n) is 8.35. The van der Waals surface area contributed by atoms with E-state index in [1.165, 1.54) is 17.3 Å². The predicted molar refractivity (Wildman–Crippen MR) is 115 cm³/mol. The molecule has 2 heterocycles. The molecule has 0 radical (unpaired) electrons. The molecule has 1 saturated heterocycles. The molecule has 1 aliphatic rings. The molecule has 0 N–H and O–H groups in total. The summed E-state index contributed by atoms with van der Waals surface area (Å²) in [6, 6.07) is 8.54. The molecule has 1 aliphatic heterocycles. The Balaban J connectivity index is 1.69. The molecule has 0 atom stereocenters. The summed E-state index contributed by atoms with van der Waals surface area (Å²) in [5.74, 6) is 1.45. The van der Waals surface area contributed by atoms with Crippen LogP contribution in [0.1, 0.15) is 33.3 Å². The van der Waals surface area contributed by atoms with Crippen LogP contribution in [-0.4, -0.2) is 69.5 Å². The summed E-state index contributed by atoms with van der Waals surface area (Å²) >= 11 is 1.48. The number of carbonyl (C=O) groups excluding carboxylic acids is 1. The van der Waals surface area contributed by atoms with Crippen molar-refractivity contribution in [3.63, 3.8) is 0 Å². The number of hydrogen-bond acceptors (Lipinski definition) is 5. The number of rotatable bonds is 5. The summed E-state index contributed by atoms with van der Waals surface area (Å²) in [5.41, 5.74) is 2.48. The zero-order valence-corrected chi connectivity index (χ0v) is 18.4. The first-order valence-corrected chi connectivity index (χ1v) is 10.9. The molecule has 28 heavy (non-hydrogen) atoms. The molecule has 1 aromatic carbocycles. The van der Waals surface area contributed by atoms with Gasteiger partial charge in [-0.05, 0) is 24.9 Å². The molecule has 0 unspecified atom stereocenters. The van der Waals surface area contributed by atoms with Crippen LogP contribution in [-0.2, 0) is 16.8 Å². The fourth-order valence-electron chi connectivity index (χ4n) is 3.29. The molecule has 1 fully saturated rings. The van der Waals surface area contributed by atoms with E-state index >= 15 is 0 Å². The highest BCUT2D eigenvalue weighted by molar-refractivity contribution is 7.99. The highest BCUT2D eigenvalue weighted by Crippen LogP contribution is 2.27. The second-order valence-corrected chi connectivity index (χ2v) is 9.29. The van der Waals surface area contributed by atoms with Crippen LogP contribution in [0.5, 0.6) is 0 Å². The van der Waals surface area contributed by atoms with Gasteiger partial charge in [-0.25, -0.2) is 0 Å². The fourth-order valence-corrected chi connectivity index (χ4v) is 4.19. The minimum Gasteiger partial charge on any atom is -0.339 e. The van der Waals surface area contributed by atoms with Gasteiger partial charge < -0.3 is 14.4 Å². The molecule has 6 nitrogen and oxygen atoms in total. The average Bonchev–Trinajstić information content (AvgIpc) is 3.09. The van der Waals surface area contributed by atoms with Crippen molar-refractivity contribution in [2.45, 2.75) is 44.8 Å². The van der Waals surface area contributed by atoms with Gasteiger partial charge >= 0.3 is 0 Å². The Morgan fingerprint density at radius 2 is 1.71 bits per heavy atom. The molecule has 3 rings (SSSR count). The monoisotopic (exact) mass is 401 g/mol. The van der Waals surface area contributed by atoms with Crippen LogP contribution in [0.2, 0.25) is 0 Å². The van der Waals surface area contributed by atoms with Gasteiger partial charge in [0.15, 0.2) is 11.0 Å². The van der Waals surface area contributed by atoms with E-state index in [1.807, 2.05) is 4.90 Å². The number of aromatic nitrogens is 3. The molecule has 0 spiro atoms. The van der Waals surface area contributed by atoms with Gasteiger partial charge in [-0.2, -0.15) is 0 Å². The first kappa shape index (κ1) is 20.9. The van der Waals surface area contributed by atoms with E-state index in [0.717, 1.165) is 49.3 Å². The summed E-state index contributed by atoms with van der Waals surface area (Å²) < 4.78 is 2.09. The van der Waals surface area contributed by atoms with Crippen molar-refractivity contribution in [1.82, 2.24) is 24.6 Å². The number of carbonyl (C=O) groups is 1. The van der Waals surface area contributed by atoms with Crippen molar-refractivity contribution in [1.29, 1.82) is 0 Å². The van der Waals surface area contributed by atoms with Crippen LogP contribution in [0, 0.1) is 0 Å². The van der Waals surface area contributed by atoms with E-state index in [-0.39, 0.29) is 11.3 Å². The lowest BCUT2D eigenvalue weighted by atomic mass is 9.87. The van der Waals surface area contributed by atoms with Crippen molar-refractivity contribution < 1.29 is 4.79 Å². The van der Waals surface area contributed by atoms with E-state index in [2.05, 4.69) is 78.7 Å². The van der Waals surface area contributed by atoms with Crippen LogP contribution >= 0.6 is 11.8 Å². The maximum atomic E-state index is 12.5. The Kier molecular flexibility index (Phi) is 6.45. The molecule has 7 heteroatoms. The van der Waals surface area contributed by atoms with Crippen molar-refractivity contribution in [2.24, 2.45) is 0 Å². The molecular weight excluding hydrogens is 370 g/mol. The fraction of sp³-hybridized carbons (Fsp3) is 0.571. The number of benzene rings is 1. The molecule has 0 saturated carbocycles. The van der Waals surface area contributed by atoms with Gasteiger partial charge in [0.05, 0.1) is 5.75 Å². The van der Waals surface area contributed by atoms with Gasteiger partial charge in [0, 0.05) is 38.3 Å². The highest BCUT2D eigenvalue weighted by atomic mass is 32.2. The van der Waals surface area contributed by atoms with Gasteiger partial charge in [-0.1, -0.05) is 56.8 Å². The maximum absolute atomic E-state index is 12.5. The van der Waals surface area contributed by atoms with Crippen LogP contribution < -0.4 is 0 Å². The molecule has 0 aliphatic carbocycles. The highest BCUT2D eigenvalue weighted by Gasteiger charge is 2.21. The third-order valence-corrected chi connectivity index (χ3v) is 6.17. The van der Waals surface area contributed by atoms with E-state index in [1.54, 1.807) is 0 Å². The van der Waals surface area contributed by atoms with Crippen LogP contribution in [0.4, 0.5) is 0 Å². The summed E-state index contributed by atoms with van der Waals surface area (Å²) in [7, 11) is 2.09. The lowest BCUT2D eigenvalue weighted by molar-refractivity contribution is -0.129. The minimum absolute atomic E-state index is 0.127. The van der Waals surface area contributed by atoms with Crippen molar-refractivity contribution in [3.8, 4) is 11.4 Å². The molecule has 152 valence electrons. The zero-order chi connectivity index (χ0) is 20.3. The predicted octanol–water partition coefficient (Wildman–Crippen LogP) is 3.13. The Morgan fingerprint density at radius 3 is 2.29 bits per heavy atom. The minimum atomic E-state index is 0.127. The average molecular weight is 402 g/mol. The number of nitrogens with zero attached hydrogens (tertiary/aromatic N) is 5. The van der Waals surface area contributed by atoms with Gasteiger partial charge in [0.2, 0.25) is 5.91 Å². The molecular formula is C21H31N5OS. The Hall–Kier alpha value is -1.86. The largest absolute Gasteiger partial charge is 0.339 e. The normalized spacial score (nSPS) is 15.8. The number of hydrogen-bond donors (Lipinski definition) is 0. The second kappa shape index (κ2) is 8.66. The van der Waals surface area contributed by atoms with Gasteiger partial charge in [0.1, 0.15) is 0 Å². The first-order chi connectivity index (χ1) is 13.3. The Morgan fingerprint density at radius 1 is 1.07 bits per heavy atom. The topological polar surface area (TPSA) is 54.3 Å². The van der Waals surface area contributed by atoms with Crippen molar-refractivity contribution >= 4 is 17.7 Å². The van der Waals surface area contributed by atoms with Crippen LogP contribution in [0.25, 0.3) is 11.4 Å². The number of piperazine rings is 1. The number of thioether (sulfide) groups is 1. The first-order valence-electron chi connectivity index (χ1n) is 9.93. The summed E-state index contributed by atoms with van der Waals surface area (Å²) in [5, 5.41) is 9.58. The summed E-state index contributed by atoms with van der Waals surface area (Å²) in [4.78, 5) is 16.7. The number of amides is 1. The van der Waals surface area contributed by atoms with E-state index in [0.29, 0.717) is 5.75 Å². The Bertz CT molecular complexity index is 801. The lowest BCUT2D eigenvalue weighted by Gasteiger charge is -2.32. The molecule has 0 bridgehead atoms. The lowest BCUT2D eigenvalue weighted by Crippen LogP contribution is -2.47. The molecule has 1 amide bonds. The quantitative estimate of drug-likeness (QED) is 0.721. The number of likely N-dealkylation sites (N-methyl/N-ethyl adjacent to an activating group) is 1. The van der Waals surface area contributed by atoms with E-state index < -0.39 is 0 Å². The standard InChI is InChI=1S/C21H31N5OS/c1-6-26-19(16-7-9-17(10-8-16)21(2,3)4)22-23-20(26)28-15-18(27)25-13-11-24(5)12-14-25/h7-10H,6,11-15H2,1-5H3. The van der Waals surface area contributed by atoms with Crippen molar-refractivity contribution in [3.05, 3.63) is 29.8 Å². The van der Waals surface area contributed by atoms with Gasteiger partial charge in [0.25, 0.3) is 0 Å². The maximum Gasteiger partial charge on any atom is 0.233 e. The molecule has 2 aromatic rings. The Labute approximate surface area is 172 Å².